The van der Waals surface area contributed by atoms with E-state index in [-0.39, 0.29) is 6.10 Å². The molecule has 3 aromatic heterocycles. The summed E-state index contributed by atoms with van der Waals surface area (Å²) in [5, 5.41) is 18.0. The lowest BCUT2D eigenvalue weighted by Gasteiger charge is -2.36. The van der Waals surface area contributed by atoms with Crippen LogP contribution in [0.1, 0.15) is 17.0 Å². The number of hydrogen-bond acceptors (Lipinski definition) is 7. The van der Waals surface area contributed by atoms with E-state index in [0.717, 1.165) is 60.0 Å². The van der Waals surface area contributed by atoms with E-state index >= 15 is 0 Å². The van der Waals surface area contributed by atoms with Gasteiger partial charge in [-0.3, -0.25) is 4.40 Å². The number of pyridine rings is 1. The number of aliphatic hydroxyl groups excluding tert-OH is 1. The molecule has 0 saturated carbocycles. The van der Waals surface area contributed by atoms with Crippen LogP contribution in [0.2, 0.25) is 0 Å². The van der Waals surface area contributed by atoms with Crippen LogP contribution in [0, 0.1) is 0 Å². The fraction of sp³-hybridized carbons (Fsp3) is 0.304. The molecule has 156 valence electrons. The van der Waals surface area contributed by atoms with Crippen LogP contribution in [0.3, 0.4) is 0 Å². The van der Waals surface area contributed by atoms with Gasteiger partial charge in [0.05, 0.1) is 12.7 Å². The predicted molar refractivity (Wildman–Crippen MR) is 115 cm³/mol. The number of aromatic nitrogens is 5. The topological polar surface area (TPSA) is 88.7 Å². The maximum absolute atomic E-state index is 9.49. The Morgan fingerprint density at radius 1 is 1.06 bits per heavy atom. The molecule has 0 atom stereocenters. The highest BCUT2D eigenvalue weighted by Gasteiger charge is 2.25. The van der Waals surface area contributed by atoms with Gasteiger partial charge in [-0.15, -0.1) is 10.2 Å². The first-order valence-electron chi connectivity index (χ1n) is 10.6. The Morgan fingerprint density at radius 3 is 2.84 bits per heavy atom. The molecule has 2 aliphatic heterocycles. The number of rotatable bonds is 5. The molecule has 0 aliphatic carbocycles. The summed E-state index contributed by atoms with van der Waals surface area (Å²) in [4.78, 5) is 11.3. The molecular formula is C23H22N6O2. The Balaban J connectivity index is 1.26. The second-order valence-corrected chi connectivity index (χ2v) is 8.07. The van der Waals surface area contributed by atoms with Crippen molar-refractivity contribution in [2.75, 3.05) is 24.6 Å². The highest BCUT2D eigenvalue weighted by molar-refractivity contribution is 5.76. The minimum absolute atomic E-state index is 0.252. The van der Waals surface area contributed by atoms with Gasteiger partial charge in [0, 0.05) is 55.0 Å². The minimum atomic E-state index is -0.252. The predicted octanol–water partition coefficient (Wildman–Crippen LogP) is 2.09. The van der Waals surface area contributed by atoms with Crippen molar-refractivity contribution in [2.24, 2.45) is 0 Å². The van der Waals surface area contributed by atoms with E-state index in [4.69, 9.17) is 9.72 Å². The van der Waals surface area contributed by atoms with Gasteiger partial charge in [-0.05, 0) is 30.2 Å². The summed E-state index contributed by atoms with van der Waals surface area (Å²) in [7, 11) is 0. The zero-order valence-electron chi connectivity index (χ0n) is 17.0. The average Bonchev–Trinajstić information content (AvgIpc) is 3.45. The molecule has 4 aromatic rings. The third kappa shape index (κ3) is 3.19. The first-order chi connectivity index (χ1) is 15.3. The summed E-state index contributed by atoms with van der Waals surface area (Å²) < 4.78 is 7.66. The van der Waals surface area contributed by atoms with Crippen LogP contribution in [-0.4, -0.2) is 55.5 Å². The van der Waals surface area contributed by atoms with Crippen molar-refractivity contribution in [1.82, 2.24) is 24.6 Å². The largest absolute Gasteiger partial charge is 0.493 e. The van der Waals surface area contributed by atoms with Crippen molar-refractivity contribution in [3.05, 3.63) is 66.0 Å². The van der Waals surface area contributed by atoms with Crippen LogP contribution in [0.25, 0.3) is 16.8 Å². The molecule has 1 N–H and O–H groups in total. The van der Waals surface area contributed by atoms with Gasteiger partial charge in [0.25, 0.3) is 0 Å². The van der Waals surface area contributed by atoms with E-state index in [9.17, 15) is 5.11 Å². The third-order valence-corrected chi connectivity index (χ3v) is 6.11. The summed E-state index contributed by atoms with van der Waals surface area (Å²) in [6.45, 7) is 2.03. The molecule has 0 unspecified atom stereocenters. The molecule has 1 fully saturated rings. The third-order valence-electron chi connectivity index (χ3n) is 6.11. The van der Waals surface area contributed by atoms with Crippen molar-refractivity contribution in [3.8, 4) is 16.9 Å². The summed E-state index contributed by atoms with van der Waals surface area (Å²) in [5.41, 5.74) is 5.26. The van der Waals surface area contributed by atoms with Crippen molar-refractivity contribution in [2.45, 2.75) is 25.4 Å². The molecule has 0 spiro atoms. The van der Waals surface area contributed by atoms with Gasteiger partial charge in [-0.2, -0.15) is 0 Å². The van der Waals surface area contributed by atoms with E-state index < -0.39 is 0 Å². The Labute approximate surface area is 179 Å². The highest BCUT2D eigenvalue weighted by Crippen LogP contribution is 2.29. The summed E-state index contributed by atoms with van der Waals surface area (Å²) >= 11 is 0. The van der Waals surface area contributed by atoms with E-state index in [0.29, 0.717) is 13.1 Å². The second kappa shape index (κ2) is 7.31. The zero-order chi connectivity index (χ0) is 20.8. The Bertz CT molecular complexity index is 1250. The second-order valence-electron chi connectivity index (χ2n) is 8.07. The van der Waals surface area contributed by atoms with Crippen molar-refractivity contribution in [3.63, 3.8) is 0 Å². The smallest absolute Gasteiger partial charge is 0.171 e. The Hall–Kier alpha value is -3.52. The van der Waals surface area contributed by atoms with Crippen LogP contribution >= 0.6 is 0 Å². The van der Waals surface area contributed by atoms with Gasteiger partial charge in [0.1, 0.15) is 23.7 Å². The number of hydrogen-bond donors (Lipinski definition) is 1. The molecule has 0 radical (unpaired) electrons. The number of fused-ring (bicyclic) bond motifs is 2. The number of β-amino-alcohol motifs (C(OH)–C–C–N with tert-alkyl or cyclic N) is 1. The highest BCUT2D eigenvalue weighted by atomic mass is 16.5. The summed E-state index contributed by atoms with van der Waals surface area (Å²) in [6.07, 6.45) is 7.82. The Kier molecular flexibility index (Phi) is 4.31. The molecule has 5 heterocycles. The van der Waals surface area contributed by atoms with Crippen molar-refractivity contribution in [1.29, 1.82) is 0 Å². The molecule has 2 aliphatic rings. The molecule has 1 aromatic carbocycles. The summed E-state index contributed by atoms with van der Waals surface area (Å²) in [6, 6.07) is 10.3. The maximum atomic E-state index is 9.49. The molecule has 8 heteroatoms. The summed E-state index contributed by atoms with van der Waals surface area (Å²) in [5.74, 6) is 2.81. The van der Waals surface area contributed by atoms with Gasteiger partial charge in [0.2, 0.25) is 0 Å². The lowest BCUT2D eigenvalue weighted by atomic mass is 10.0. The van der Waals surface area contributed by atoms with Gasteiger partial charge in [0.15, 0.2) is 5.65 Å². The van der Waals surface area contributed by atoms with Crippen LogP contribution in [0.5, 0.6) is 5.75 Å². The van der Waals surface area contributed by atoms with Gasteiger partial charge < -0.3 is 14.7 Å². The Morgan fingerprint density at radius 2 is 2.00 bits per heavy atom. The monoisotopic (exact) mass is 414 g/mol. The average molecular weight is 414 g/mol. The van der Waals surface area contributed by atoms with Crippen molar-refractivity contribution >= 4 is 11.5 Å². The van der Waals surface area contributed by atoms with Crippen LogP contribution in [0.4, 0.5) is 5.82 Å². The number of nitrogens with zero attached hydrogens (tertiary/aromatic N) is 6. The quantitative estimate of drug-likeness (QED) is 0.535. The molecule has 0 bridgehead atoms. The first-order valence-corrected chi connectivity index (χ1v) is 10.6. The number of aryl methyl sites for hydroxylation is 2. The molecule has 8 nitrogen and oxygen atoms in total. The van der Waals surface area contributed by atoms with E-state index in [1.54, 1.807) is 6.33 Å². The molecule has 0 amide bonds. The van der Waals surface area contributed by atoms with E-state index in [1.165, 1.54) is 11.1 Å². The van der Waals surface area contributed by atoms with E-state index in [2.05, 4.69) is 27.3 Å². The van der Waals surface area contributed by atoms with Gasteiger partial charge in [-0.25, -0.2) is 9.97 Å². The minimum Gasteiger partial charge on any atom is -0.493 e. The lowest BCUT2D eigenvalue weighted by molar-refractivity contribution is 0.141. The first kappa shape index (κ1) is 18.3. The molecular weight excluding hydrogens is 392 g/mol. The SMILES string of the molecule is OC1CN(c2ccc(-c3cnc(CCc4cccc5c4CCO5)n4cnnc34)cn2)C1. The fourth-order valence-corrected chi connectivity index (χ4v) is 4.40. The normalized spacial score (nSPS) is 15.7. The zero-order valence-corrected chi connectivity index (χ0v) is 17.0. The van der Waals surface area contributed by atoms with Crippen molar-refractivity contribution < 1.29 is 9.84 Å². The van der Waals surface area contributed by atoms with Crippen LogP contribution in [-0.2, 0) is 19.3 Å². The maximum Gasteiger partial charge on any atom is 0.171 e. The number of aliphatic hydroxyl groups is 1. The van der Waals surface area contributed by atoms with Gasteiger partial charge >= 0.3 is 0 Å². The van der Waals surface area contributed by atoms with E-state index in [1.807, 2.05) is 39.9 Å². The van der Waals surface area contributed by atoms with Crippen LogP contribution in [0.15, 0.2) is 49.1 Å². The number of anilines is 1. The number of ether oxygens (including phenoxy) is 1. The molecule has 31 heavy (non-hydrogen) atoms. The number of benzene rings is 1. The fourth-order valence-electron chi connectivity index (χ4n) is 4.40. The van der Waals surface area contributed by atoms with Gasteiger partial charge in [-0.1, -0.05) is 12.1 Å². The standard InChI is InChI=1S/C23H22N6O2/c30-17-12-28(13-17)21-6-5-16(10-24-21)19-11-25-22(29-14-26-27-23(19)29)7-4-15-2-1-3-20-18(15)8-9-31-20/h1-3,5-6,10-11,14,17,30H,4,7-9,12-13H2. The molecule has 1 saturated heterocycles. The lowest BCUT2D eigenvalue weighted by Crippen LogP contribution is -2.51. The van der Waals surface area contributed by atoms with Crippen LogP contribution < -0.4 is 9.64 Å². The molecule has 6 rings (SSSR count).